The van der Waals surface area contributed by atoms with Gasteiger partial charge >= 0.3 is 6.03 Å². The Labute approximate surface area is 184 Å². The van der Waals surface area contributed by atoms with Crippen LogP contribution in [0, 0.1) is 5.92 Å². The Morgan fingerprint density at radius 2 is 2.00 bits per heavy atom. The minimum atomic E-state index is -0.271. The summed E-state index contributed by atoms with van der Waals surface area (Å²) in [6.45, 7) is 2.27. The molecule has 3 heterocycles. The Morgan fingerprint density at radius 3 is 2.74 bits per heavy atom. The lowest BCUT2D eigenvalue weighted by Crippen LogP contribution is -2.47. The average molecular weight is 440 g/mol. The second kappa shape index (κ2) is 8.39. The number of aromatic nitrogens is 1. The normalized spacial score (nSPS) is 21.0. The van der Waals surface area contributed by atoms with Gasteiger partial charge in [-0.15, -0.1) is 11.3 Å². The van der Waals surface area contributed by atoms with Gasteiger partial charge in [0.15, 0.2) is 0 Å². The number of fused-ring (bicyclic) bond motifs is 1. The lowest BCUT2D eigenvalue weighted by atomic mass is 9.85. The quantitative estimate of drug-likeness (QED) is 0.621. The number of nitrogens with zero attached hydrogens (tertiary/aromatic N) is 2. The van der Waals surface area contributed by atoms with E-state index >= 15 is 0 Å². The van der Waals surface area contributed by atoms with E-state index in [1.165, 1.54) is 22.7 Å². The Morgan fingerprint density at radius 1 is 1.16 bits per heavy atom. The highest BCUT2D eigenvalue weighted by molar-refractivity contribution is 7.13. The summed E-state index contributed by atoms with van der Waals surface area (Å²) in [5.74, 6) is 0.485. The van der Waals surface area contributed by atoms with Crippen molar-refractivity contribution in [1.29, 1.82) is 0 Å². The summed E-state index contributed by atoms with van der Waals surface area (Å²) in [5.41, 5.74) is 1.66. The molecule has 4 amide bonds. The second-order valence-electron chi connectivity index (χ2n) is 8.46. The van der Waals surface area contributed by atoms with Crippen molar-refractivity contribution < 1.29 is 14.4 Å². The van der Waals surface area contributed by atoms with Gasteiger partial charge in [0.25, 0.3) is 11.8 Å². The lowest BCUT2D eigenvalue weighted by molar-refractivity contribution is 0.0601. The highest BCUT2D eigenvalue weighted by Crippen LogP contribution is 2.34. The van der Waals surface area contributed by atoms with Crippen LogP contribution >= 0.6 is 11.3 Å². The number of hydrogen-bond donors (Lipinski definition) is 3. The van der Waals surface area contributed by atoms with Crippen LogP contribution in [0.1, 0.15) is 52.8 Å². The van der Waals surface area contributed by atoms with Crippen molar-refractivity contribution in [2.75, 3.05) is 25.0 Å². The van der Waals surface area contributed by atoms with Crippen LogP contribution in [0.2, 0.25) is 0 Å². The molecule has 2 aliphatic heterocycles. The third-order valence-electron chi connectivity index (χ3n) is 6.26. The average Bonchev–Trinajstić information content (AvgIpc) is 3.29. The van der Waals surface area contributed by atoms with Crippen molar-refractivity contribution in [2.45, 2.75) is 38.1 Å². The van der Waals surface area contributed by atoms with Crippen molar-refractivity contribution in [1.82, 2.24) is 20.5 Å². The van der Waals surface area contributed by atoms with Gasteiger partial charge in [-0.1, -0.05) is 12.5 Å². The maximum Gasteiger partial charge on any atom is 0.320 e. The monoisotopic (exact) mass is 439 g/mol. The van der Waals surface area contributed by atoms with Gasteiger partial charge in [0.1, 0.15) is 10.8 Å². The fourth-order valence-electron chi connectivity index (χ4n) is 4.30. The Bertz CT molecular complexity index is 1030. The number of hydrogen-bond acceptors (Lipinski definition) is 6. The molecule has 1 saturated heterocycles. The molecule has 0 unspecified atom stereocenters. The number of imide groups is 1. The topological polar surface area (TPSA) is 103 Å². The van der Waals surface area contributed by atoms with E-state index in [1.54, 1.807) is 17.5 Å². The maximum absolute atomic E-state index is 12.8. The fraction of sp³-hybridized carbons (Fsp3) is 0.455. The van der Waals surface area contributed by atoms with E-state index in [2.05, 4.69) is 20.9 Å². The largest absolute Gasteiger partial charge is 0.334 e. The van der Waals surface area contributed by atoms with Gasteiger partial charge < -0.3 is 10.6 Å². The van der Waals surface area contributed by atoms with Gasteiger partial charge in [0, 0.05) is 30.1 Å². The zero-order valence-corrected chi connectivity index (χ0v) is 18.0. The van der Waals surface area contributed by atoms with Crippen LogP contribution in [0.5, 0.6) is 0 Å². The number of piperidine rings is 1. The first-order valence-electron chi connectivity index (χ1n) is 10.8. The van der Waals surface area contributed by atoms with Crippen molar-refractivity contribution in [2.24, 2.45) is 5.92 Å². The fourth-order valence-corrected chi connectivity index (χ4v) is 5.05. The molecule has 162 valence electrons. The SMILES string of the molecule is O=C(Nc1csc(-c2ccc3c(c2)C(=O)N(CC2CCC2)C3=O)n1)N[C@H]1CCCNC1. The minimum absolute atomic E-state index is 0.120. The minimum Gasteiger partial charge on any atom is -0.334 e. The van der Waals surface area contributed by atoms with E-state index in [9.17, 15) is 14.4 Å². The van der Waals surface area contributed by atoms with Gasteiger partial charge in [-0.25, -0.2) is 9.78 Å². The first kappa shape index (κ1) is 20.1. The number of nitrogens with one attached hydrogen (secondary N) is 3. The van der Waals surface area contributed by atoms with Crippen molar-refractivity contribution >= 4 is 35.0 Å². The van der Waals surface area contributed by atoms with Crippen LogP contribution < -0.4 is 16.0 Å². The van der Waals surface area contributed by atoms with Crippen molar-refractivity contribution in [3.63, 3.8) is 0 Å². The Kier molecular flexibility index (Phi) is 5.45. The Hall–Kier alpha value is -2.78. The number of amides is 4. The van der Waals surface area contributed by atoms with Crippen LogP contribution in [-0.4, -0.2) is 53.4 Å². The van der Waals surface area contributed by atoms with Gasteiger partial charge in [-0.05, 0) is 50.3 Å². The number of urea groups is 1. The molecule has 2 aromatic rings. The molecule has 3 aliphatic rings. The highest BCUT2D eigenvalue weighted by Gasteiger charge is 2.37. The van der Waals surface area contributed by atoms with E-state index in [4.69, 9.17) is 0 Å². The summed E-state index contributed by atoms with van der Waals surface area (Å²) in [6, 6.07) is 5.12. The number of anilines is 1. The van der Waals surface area contributed by atoms with Crippen LogP contribution in [0.4, 0.5) is 10.6 Å². The maximum atomic E-state index is 12.8. The Balaban J connectivity index is 1.27. The summed E-state index contributed by atoms with van der Waals surface area (Å²) in [5, 5.41) is 11.5. The molecule has 1 atom stereocenters. The molecule has 8 nitrogen and oxygen atoms in total. The number of rotatable bonds is 5. The summed E-state index contributed by atoms with van der Waals surface area (Å²) in [7, 11) is 0. The number of benzene rings is 1. The standard InChI is InChI=1S/C22H25N5O3S/c28-20-16-7-6-14(9-17(16)21(29)27(20)11-13-3-1-4-13)19-25-18(12-31-19)26-22(30)24-15-5-2-8-23-10-15/h6-7,9,12-13,15,23H,1-5,8,10-11H2,(H2,24,26,30)/t15-/m0/s1. The van der Waals surface area contributed by atoms with Crippen LogP contribution in [0.25, 0.3) is 10.6 Å². The zero-order chi connectivity index (χ0) is 21.4. The number of carbonyl (C=O) groups is 3. The predicted octanol–water partition coefficient (Wildman–Crippen LogP) is 3.08. The molecule has 0 radical (unpaired) electrons. The molecule has 9 heteroatoms. The molecule has 2 fully saturated rings. The molecule has 1 aromatic carbocycles. The smallest absolute Gasteiger partial charge is 0.320 e. The molecule has 1 aromatic heterocycles. The molecular weight excluding hydrogens is 414 g/mol. The van der Waals surface area contributed by atoms with E-state index in [0.717, 1.165) is 44.3 Å². The zero-order valence-electron chi connectivity index (χ0n) is 17.1. The van der Waals surface area contributed by atoms with E-state index in [0.29, 0.717) is 34.4 Å². The van der Waals surface area contributed by atoms with Crippen LogP contribution in [-0.2, 0) is 0 Å². The molecule has 1 aliphatic carbocycles. The van der Waals surface area contributed by atoms with Crippen molar-refractivity contribution in [3.05, 3.63) is 34.7 Å². The van der Waals surface area contributed by atoms with Gasteiger partial charge in [0.2, 0.25) is 0 Å². The molecule has 5 rings (SSSR count). The van der Waals surface area contributed by atoms with E-state index in [-0.39, 0.29) is 23.9 Å². The molecule has 0 spiro atoms. The van der Waals surface area contributed by atoms with Crippen LogP contribution in [0.15, 0.2) is 23.6 Å². The molecule has 31 heavy (non-hydrogen) atoms. The van der Waals surface area contributed by atoms with Gasteiger partial charge in [-0.3, -0.25) is 19.8 Å². The summed E-state index contributed by atoms with van der Waals surface area (Å²) < 4.78 is 0. The molecular formula is C22H25N5O3S. The molecule has 3 N–H and O–H groups in total. The second-order valence-corrected chi connectivity index (χ2v) is 9.32. The van der Waals surface area contributed by atoms with Crippen LogP contribution in [0.3, 0.4) is 0 Å². The first-order valence-corrected chi connectivity index (χ1v) is 11.7. The number of thiazole rings is 1. The third-order valence-corrected chi connectivity index (χ3v) is 7.15. The summed E-state index contributed by atoms with van der Waals surface area (Å²) >= 11 is 1.39. The molecule has 0 bridgehead atoms. The van der Waals surface area contributed by atoms with Gasteiger partial charge in [-0.2, -0.15) is 0 Å². The number of carbonyl (C=O) groups excluding carboxylic acids is 3. The van der Waals surface area contributed by atoms with E-state index in [1.807, 2.05) is 6.07 Å². The molecule has 1 saturated carbocycles. The van der Waals surface area contributed by atoms with Crippen molar-refractivity contribution in [3.8, 4) is 10.6 Å². The van der Waals surface area contributed by atoms with Gasteiger partial charge in [0.05, 0.1) is 11.1 Å². The van der Waals surface area contributed by atoms with E-state index < -0.39 is 0 Å². The third kappa shape index (κ3) is 4.07. The highest BCUT2D eigenvalue weighted by atomic mass is 32.1. The predicted molar refractivity (Wildman–Crippen MR) is 118 cm³/mol. The lowest BCUT2D eigenvalue weighted by Gasteiger charge is -2.28. The first-order chi connectivity index (χ1) is 15.1. The summed E-state index contributed by atoms with van der Waals surface area (Å²) in [4.78, 5) is 43.6. The summed E-state index contributed by atoms with van der Waals surface area (Å²) in [6.07, 6.45) is 5.34.